The van der Waals surface area contributed by atoms with Gasteiger partial charge in [0.05, 0.1) is 6.54 Å². The monoisotopic (exact) mass is 332 g/mol. The Bertz CT molecular complexity index is 535. The smallest absolute Gasteiger partial charge is 0.191 e. The Morgan fingerprint density at radius 3 is 2.54 bits per heavy atom. The summed E-state index contributed by atoms with van der Waals surface area (Å²) >= 11 is 0. The van der Waals surface area contributed by atoms with Gasteiger partial charge in [0.2, 0.25) is 0 Å². The summed E-state index contributed by atoms with van der Waals surface area (Å²) < 4.78 is 12.9. The van der Waals surface area contributed by atoms with Crippen molar-refractivity contribution in [3.8, 4) is 0 Å². The molecule has 3 rings (SSSR count). The zero-order valence-corrected chi connectivity index (χ0v) is 14.6. The number of hydrogen-bond acceptors (Lipinski definition) is 2. The van der Waals surface area contributed by atoms with E-state index in [2.05, 4.69) is 27.4 Å². The second kappa shape index (κ2) is 8.47. The van der Waals surface area contributed by atoms with Gasteiger partial charge >= 0.3 is 0 Å². The van der Waals surface area contributed by atoms with E-state index in [0.29, 0.717) is 6.54 Å². The first kappa shape index (κ1) is 17.2. The van der Waals surface area contributed by atoms with Crippen molar-refractivity contribution in [1.29, 1.82) is 0 Å². The maximum atomic E-state index is 12.9. The van der Waals surface area contributed by atoms with Crippen LogP contribution in [0.25, 0.3) is 0 Å². The number of halogens is 1. The molecule has 0 aliphatic heterocycles. The highest BCUT2D eigenvalue weighted by molar-refractivity contribution is 5.79. The van der Waals surface area contributed by atoms with Crippen LogP contribution in [0.5, 0.6) is 0 Å². The molecule has 0 heterocycles. The number of nitrogens with one attached hydrogen (secondary N) is 2. The fraction of sp³-hybridized carbons (Fsp3) is 0.632. The lowest BCUT2D eigenvalue weighted by molar-refractivity contribution is 0.256. The van der Waals surface area contributed by atoms with Gasteiger partial charge in [-0.3, -0.25) is 4.90 Å². The van der Waals surface area contributed by atoms with Gasteiger partial charge in [-0.25, -0.2) is 9.38 Å². The number of benzene rings is 1. The van der Waals surface area contributed by atoms with Gasteiger partial charge in [0, 0.05) is 32.2 Å². The fourth-order valence-corrected chi connectivity index (χ4v) is 2.91. The third-order valence-corrected chi connectivity index (χ3v) is 4.62. The van der Waals surface area contributed by atoms with Crippen molar-refractivity contribution in [1.82, 2.24) is 15.5 Å². The number of aliphatic imine (C=N–C) groups is 1. The van der Waals surface area contributed by atoms with E-state index in [1.165, 1.54) is 44.4 Å². The van der Waals surface area contributed by atoms with Crippen LogP contribution in [-0.2, 0) is 6.54 Å². The molecule has 1 aromatic carbocycles. The summed E-state index contributed by atoms with van der Waals surface area (Å²) in [6.45, 7) is 6.74. The quantitative estimate of drug-likeness (QED) is 0.540. The van der Waals surface area contributed by atoms with Crippen LogP contribution in [0.15, 0.2) is 29.3 Å². The van der Waals surface area contributed by atoms with Crippen LogP contribution >= 0.6 is 0 Å². The second-order valence-corrected chi connectivity index (χ2v) is 6.92. The van der Waals surface area contributed by atoms with Gasteiger partial charge in [0.15, 0.2) is 5.96 Å². The number of hydrogen-bond donors (Lipinski definition) is 2. The van der Waals surface area contributed by atoms with Crippen molar-refractivity contribution in [2.45, 2.75) is 45.2 Å². The summed E-state index contributed by atoms with van der Waals surface area (Å²) in [6, 6.07) is 7.36. The Labute approximate surface area is 144 Å². The van der Waals surface area contributed by atoms with Gasteiger partial charge in [-0.15, -0.1) is 0 Å². The highest BCUT2D eigenvalue weighted by Crippen LogP contribution is 2.34. The first-order valence-corrected chi connectivity index (χ1v) is 9.25. The molecule has 2 aliphatic carbocycles. The van der Waals surface area contributed by atoms with Crippen LogP contribution in [0.3, 0.4) is 0 Å². The molecule has 2 fully saturated rings. The Morgan fingerprint density at radius 2 is 1.92 bits per heavy atom. The Balaban J connectivity index is 1.45. The summed E-state index contributed by atoms with van der Waals surface area (Å²) in [5.41, 5.74) is 1.02. The minimum atomic E-state index is -0.205. The molecule has 1 aromatic rings. The van der Waals surface area contributed by atoms with E-state index < -0.39 is 0 Å². The second-order valence-electron chi connectivity index (χ2n) is 6.92. The molecule has 0 bridgehead atoms. The van der Waals surface area contributed by atoms with Crippen LogP contribution in [-0.4, -0.2) is 43.1 Å². The average molecular weight is 332 g/mol. The minimum Gasteiger partial charge on any atom is -0.357 e. The normalized spacial score (nSPS) is 18.0. The van der Waals surface area contributed by atoms with E-state index in [9.17, 15) is 4.39 Å². The van der Waals surface area contributed by atoms with Crippen LogP contribution in [0, 0.1) is 11.7 Å². The van der Waals surface area contributed by atoms with E-state index in [-0.39, 0.29) is 5.82 Å². The van der Waals surface area contributed by atoms with Crippen molar-refractivity contribution in [3.05, 3.63) is 35.6 Å². The van der Waals surface area contributed by atoms with E-state index in [0.717, 1.165) is 43.1 Å². The molecular weight excluding hydrogens is 303 g/mol. The molecule has 0 spiro atoms. The van der Waals surface area contributed by atoms with Gasteiger partial charge in [0.25, 0.3) is 0 Å². The first-order chi connectivity index (χ1) is 11.7. The standard InChI is InChI=1S/C19H29FN4/c1-2-21-19(23-13-15-5-7-17(20)8-6-15)22-11-12-24(18-9-10-18)14-16-3-4-16/h5-8,16,18H,2-4,9-14H2,1H3,(H2,21,22,23). The molecule has 5 heteroatoms. The van der Waals surface area contributed by atoms with Crippen LogP contribution in [0.4, 0.5) is 4.39 Å². The molecule has 132 valence electrons. The molecule has 2 aliphatic rings. The molecular formula is C19H29FN4. The molecule has 0 amide bonds. The summed E-state index contributed by atoms with van der Waals surface area (Å²) in [5, 5.41) is 6.71. The Hall–Kier alpha value is -1.62. The number of guanidine groups is 1. The average Bonchev–Trinajstić information content (AvgIpc) is 3.46. The topological polar surface area (TPSA) is 39.7 Å². The predicted molar refractivity (Wildman–Crippen MR) is 96.5 cm³/mol. The van der Waals surface area contributed by atoms with Crippen LogP contribution in [0.1, 0.15) is 38.2 Å². The lowest BCUT2D eigenvalue weighted by Gasteiger charge is -2.22. The lowest BCUT2D eigenvalue weighted by Crippen LogP contribution is -2.42. The van der Waals surface area contributed by atoms with Crippen LogP contribution in [0.2, 0.25) is 0 Å². The zero-order valence-electron chi connectivity index (χ0n) is 14.6. The van der Waals surface area contributed by atoms with E-state index in [4.69, 9.17) is 0 Å². The maximum Gasteiger partial charge on any atom is 0.191 e. The molecule has 0 saturated heterocycles. The van der Waals surface area contributed by atoms with Gasteiger partial charge in [-0.1, -0.05) is 12.1 Å². The third-order valence-electron chi connectivity index (χ3n) is 4.62. The summed E-state index contributed by atoms with van der Waals surface area (Å²) in [6.07, 6.45) is 5.56. The predicted octanol–water partition coefficient (Wildman–Crippen LogP) is 2.76. The maximum absolute atomic E-state index is 12.9. The molecule has 0 atom stereocenters. The minimum absolute atomic E-state index is 0.205. The highest BCUT2D eigenvalue weighted by atomic mass is 19.1. The summed E-state index contributed by atoms with van der Waals surface area (Å²) in [7, 11) is 0. The van der Waals surface area contributed by atoms with Crippen molar-refractivity contribution < 1.29 is 4.39 Å². The van der Waals surface area contributed by atoms with Crippen molar-refractivity contribution in [2.24, 2.45) is 10.9 Å². The van der Waals surface area contributed by atoms with Gasteiger partial charge in [0.1, 0.15) is 5.82 Å². The summed E-state index contributed by atoms with van der Waals surface area (Å²) in [5.74, 6) is 1.58. The molecule has 0 unspecified atom stereocenters. The number of nitrogens with zero attached hydrogens (tertiary/aromatic N) is 2. The van der Waals surface area contributed by atoms with Gasteiger partial charge < -0.3 is 10.6 Å². The molecule has 4 nitrogen and oxygen atoms in total. The van der Waals surface area contributed by atoms with Crippen molar-refractivity contribution in [2.75, 3.05) is 26.2 Å². The molecule has 2 N–H and O–H groups in total. The Morgan fingerprint density at radius 1 is 1.17 bits per heavy atom. The number of rotatable bonds is 9. The van der Waals surface area contributed by atoms with E-state index in [1.807, 2.05) is 0 Å². The van der Waals surface area contributed by atoms with Gasteiger partial charge in [-0.2, -0.15) is 0 Å². The molecule has 24 heavy (non-hydrogen) atoms. The summed E-state index contributed by atoms with van der Waals surface area (Å²) in [4.78, 5) is 7.24. The molecule has 0 radical (unpaired) electrons. The zero-order chi connectivity index (χ0) is 16.8. The van der Waals surface area contributed by atoms with E-state index in [1.54, 1.807) is 12.1 Å². The highest BCUT2D eigenvalue weighted by Gasteiger charge is 2.33. The van der Waals surface area contributed by atoms with E-state index >= 15 is 0 Å². The molecule has 2 saturated carbocycles. The van der Waals surface area contributed by atoms with Crippen LogP contribution < -0.4 is 10.6 Å². The SMILES string of the molecule is CCNC(=NCc1ccc(F)cc1)NCCN(CC1CC1)C1CC1. The van der Waals surface area contributed by atoms with Crippen molar-refractivity contribution >= 4 is 5.96 Å². The van der Waals surface area contributed by atoms with Gasteiger partial charge in [-0.05, 0) is 56.2 Å². The third kappa shape index (κ3) is 5.78. The largest absolute Gasteiger partial charge is 0.357 e. The fourth-order valence-electron chi connectivity index (χ4n) is 2.91. The van der Waals surface area contributed by atoms with Crippen molar-refractivity contribution in [3.63, 3.8) is 0 Å². The Kier molecular flexibility index (Phi) is 6.07. The first-order valence-electron chi connectivity index (χ1n) is 9.25. The lowest BCUT2D eigenvalue weighted by atomic mass is 10.2. The molecule has 0 aromatic heterocycles.